The van der Waals surface area contributed by atoms with Crippen LogP contribution in [0.25, 0.3) is 0 Å². The zero-order chi connectivity index (χ0) is 29.3. The summed E-state index contributed by atoms with van der Waals surface area (Å²) >= 11 is 4.16. The maximum atomic E-state index is 5.14. The van der Waals surface area contributed by atoms with Crippen LogP contribution >= 0.6 is 23.5 Å². The van der Waals surface area contributed by atoms with Gasteiger partial charge in [-0.25, -0.2) is 0 Å². The van der Waals surface area contributed by atoms with Crippen LogP contribution in [0.1, 0.15) is 137 Å². The lowest BCUT2D eigenvalue weighted by molar-refractivity contribution is 0.536. The molecular weight excluding hydrogens is 545 g/mol. The second kappa shape index (κ2) is 20.1. The van der Waals surface area contributed by atoms with Crippen molar-refractivity contribution in [3.63, 3.8) is 0 Å². The fourth-order valence-electron chi connectivity index (χ4n) is 6.55. The molecule has 0 saturated carbocycles. The van der Waals surface area contributed by atoms with Gasteiger partial charge in [-0.15, -0.1) is 0 Å². The third-order valence-corrected chi connectivity index (χ3v) is 11.6. The smallest absolute Gasteiger partial charge is 0.232 e. The first-order valence-corrected chi connectivity index (χ1v) is 19.4. The number of aromatic nitrogens is 3. The van der Waals surface area contributed by atoms with E-state index in [9.17, 15) is 0 Å². The van der Waals surface area contributed by atoms with Gasteiger partial charge in [0.2, 0.25) is 17.8 Å². The molecule has 6 nitrogen and oxygen atoms in total. The maximum absolute atomic E-state index is 5.14. The van der Waals surface area contributed by atoms with Gasteiger partial charge in [0.05, 0.1) is 0 Å². The van der Waals surface area contributed by atoms with Gasteiger partial charge in [0, 0.05) is 53.7 Å². The van der Waals surface area contributed by atoms with E-state index in [0.717, 1.165) is 61.8 Å². The third kappa shape index (κ3) is 11.6. The molecule has 236 valence electrons. The SMILES string of the molecule is CCCCCCCCCCCCCCCCNc1nc(N2CCSC(C)C2CC)nc(N2CCSC(C)C2CC)n1. The van der Waals surface area contributed by atoms with Crippen LogP contribution in [-0.2, 0) is 0 Å². The quantitative estimate of drug-likeness (QED) is 0.147. The molecule has 0 bridgehead atoms. The van der Waals surface area contributed by atoms with Gasteiger partial charge in [-0.2, -0.15) is 38.5 Å². The highest BCUT2D eigenvalue weighted by Gasteiger charge is 2.33. The number of unbranched alkanes of at least 4 members (excludes halogenated alkanes) is 13. The lowest BCUT2D eigenvalue weighted by atomic mass is 10.0. The molecule has 1 aromatic rings. The van der Waals surface area contributed by atoms with E-state index in [2.05, 4.69) is 73.3 Å². The third-order valence-electron chi connectivity index (χ3n) is 9.09. The molecule has 2 aliphatic heterocycles. The first-order valence-electron chi connectivity index (χ1n) is 17.3. The second-order valence-electron chi connectivity index (χ2n) is 12.3. The summed E-state index contributed by atoms with van der Waals surface area (Å²) in [5.41, 5.74) is 0. The number of rotatable bonds is 20. The van der Waals surface area contributed by atoms with Crippen LogP contribution in [-0.4, -0.2) is 68.7 Å². The van der Waals surface area contributed by atoms with Gasteiger partial charge in [-0.05, 0) is 19.3 Å². The Kier molecular flexibility index (Phi) is 17.0. The van der Waals surface area contributed by atoms with Crippen molar-refractivity contribution in [3.05, 3.63) is 0 Å². The average Bonchev–Trinajstić information content (AvgIpc) is 2.98. The van der Waals surface area contributed by atoms with E-state index in [-0.39, 0.29) is 0 Å². The van der Waals surface area contributed by atoms with Crippen LogP contribution in [0.15, 0.2) is 0 Å². The molecule has 4 unspecified atom stereocenters. The summed E-state index contributed by atoms with van der Waals surface area (Å²) in [7, 11) is 0. The van der Waals surface area contributed by atoms with Gasteiger partial charge in [0.15, 0.2) is 0 Å². The molecule has 0 aliphatic carbocycles. The van der Waals surface area contributed by atoms with E-state index in [1.807, 2.05) is 0 Å². The number of nitrogens with zero attached hydrogens (tertiary/aromatic N) is 5. The Hall–Kier alpha value is -0.890. The number of hydrogen-bond acceptors (Lipinski definition) is 8. The highest BCUT2D eigenvalue weighted by molar-refractivity contribution is 8.00. The van der Waals surface area contributed by atoms with E-state index >= 15 is 0 Å². The molecule has 0 radical (unpaired) electrons. The Balaban J connectivity index is 1.47. The molecule has 8 heteroatoms. The van der Waals surface area contributed by atoms with Crippen LogP contribution in [0.5, 0.6) is 0 Å². The van der Waals surface area contributed by atoms with Crippen LogP contribution in [0.3, 0.4) is 0 Å². The molecule has 41 heavy (non-hydrogen) atoms. The van der Waals surface area contributed by atoms with E-state index in [1.54, 1.807) is 0 Å². The zero-order valence-electron chi connectivity index (χ0n) is 27.2. The monoisotopic (exact) mass is 606 g/mol. The first-order chi connectivity index (χ1) is 20.1. The van der Waals surface area contributed by atoms with E-state index in [0.29, 0.717) is 22.6 Å². The van der Waals surface area contributed by atoms with Crippen molar-refractivity contribution < 1.29 is 0 Å². The largest absolute Gasteiger partial charge is 0.354 e. The Morgan fingerprint density at radius 1 is 0.610 bits per heavy atom. The molecule has 3 heterocycles. The Bertz CT molecular complexity index is 781. The fraction of sp³-hybridized carbons (Fsp3) is 0.909. The number of thioether (sulfide) groups is 2. The summed E-state index contributed by atoms with van der Waals surface area (Å²) < 4.78 is 0. The van der Waals surface area contributed by atoms with Crippen molar-refractivity contribution in [1.29, 1.82) is 0 Å². The molecule has 4 atom stereocenters. The van der Waals surface area contributed by atoms with Gasteiger partial charge in [0.25, 0.3) is 0 Å². The van der Waals surface area contributed by atoms with E-state index in [4.69, 9.17) is 15.0 Å². The molecular formula is C33H62N6S2. The van der Waals surface area contributed by atoms with Gasteiger partial charge in [-0.3, -0.25) is 0 Å². The van der Waals surface area contributed by atoms with Crippen molar-refractivity contribution in [2.24, 2.45) is 0 Å². The standard InChI is InChI=1S/C33H62N6S2/c1-6-9-10-11-12-13-14-15-16-17-18-19-20-21-22-34-31-35-32(38-23-25-40-27(4)29(38)7-2)37-33(36-31)39-24-26-41-28(5)30(39)8-3/h27-30H,6-26H2,1-5H3,(H,34,35,36,37). The fourth-order valence-corrected chi connectivity index (χ4v) is 9.02. The lowest BCUT2D eigenvalue weighted by Gasteiger charge is -2.41. The molecule has 3 rings (SSSR count). The Morgan fingerprint density at radius 3 is 1.44 bits per heavy atom. The topological polar surface area (TPSA) is 57.2 Å². The van der Waals surface area contributed by atoms with Gasteiger partial charge < -0.3 is 15.1 Å². The second-order valence-corrected chi connectivity index (χ2v) is 15.2. The summed E-state index contributed by atoms with van der Waals surface area (Å²) in [4.78, 5) is 20.1. The van der Waals surface area contributed by atoms with E-state index < -0.39 is 0 Å². The summed E-state index contributed by atoms with van der Waals surface area (Å²) in [6.45, 7) is 14.6. The molecule has 1 N–H and O–H groups in total. The van der Waals surface area contributed by atoms with Crippen molar-refractivity contribution in [2.45, 2.75) is 160 Å². The van der Waals surface area contributed by atoms with Crippen LogP contribution in [0.4, 0.5) is 17.8 Å². The van der Waals surface area contributed by atoms with Gasteiger partial charge in [0.1, 0.15) is 0 Å². The summed E-state index contributed by atoms with van der Waals surface area (Å²) in [6.07, 6.45) is 21.7. The molecule has 0 spiro atoms. The highest BCUT2D eigenvalue weighted by atomic mass is 32.2. The summed E-state index contributed by atoms with van der Waals surface area (Å²) in [5.74, 6) is 4.78. The van der Waals surface area contributed by atoms with Gasteiger partial charge >= 0.3 is 0 Å². The van der Waals surface area contributed by atoms with Gasteiger partial charge in [-0.1, -0.05) is 118 Å². The zero-order valence-corrected chi connectivity index (χ0v) is 28.8. The summed E-state index contributed by atoms with van der Waals surface area (Å²) in [5, 5.41) is 4.80. The first kappa shape index (κ1) is 34.6. The van der Waals surface area contributed by atoms with Crippen LogP contribution < -0.4 is 15.1 Å². The molecule has 1 aromatic heterocycles. The van der Waals surface area contributed by atoms with Crippen LogP contribution in [0, 0.1) is 0 Å². The average molecular weight is 607 g/mol. The van der Waals surface area contributed by atoms with E-state index in [1.165, 1.54) is 89.9 Å². The predicted octanol–water partition coefficient (Wildman–Crippen LogP) is 9.21. The van der Waals surface area contributed by atoms with Crippen molar-refractivity contribution in [2.75, 3.05) is 46.3 Å². The number of anilines is 3. The maximum Gasteiger partial charge on any atom is 0.232 e. The Labute approximate surface area is 261 Å². The molecule has 0 amide bonds. The number of hydrogen-bond donors (Lipinski definition) is 1. The minimum Gasteiger partial charge on any atom is -0.354 e. The summed E-state index contributed by atoms with van der Waals surface area (Å²) in [6, 6.07) is 0.945. The molecule has 2 aliphatic rings. The number of nitrogens with one attached hydrogen (secondary N) is 1. The predicted molar refractivity (Wildman–Crippen MR) is 185 cm³/mol. The Morgan fingerprint density at radius 2 is 1.02 bits per heavy atom. The van der Waals surface area contributed by atoms with Crippen molar-refractivity contribution in [1.82, 2.24) is 15.0 Å². The normalized spacial score (nSPS) is 23.2. The van der Waals surface area contributed by atoms with Crippen LogP contribution in [0.2, 0.25) is 0 Å². The molecule has 2 saturated heterocycles. The van der Waals surface area contributed by atoms with Crippen molar-refractivity contribution in [3.8, 4) is 0 Å². The van der Waals surface area contributed by atoms with Crippen molar-refractivity contribution >= 4 is 41.4 Å². The lowest BCUT2D eigenvalue weighted by Crippen LogP contribution is -2.49. The molecule has 2 fully saturated rings. The highest BCUT2D eigenvalue weighted by Crippen LogP contribution is 2.33. The molecule has 0 aromatic carbocycles. The minimum absolute atomic E-state index is 0.473. The minimum atomic E-state index is 0.473.